The van der Waals surface area contributed by atoms with Crippen LogP contribution in [0, 0.1) is 6.92 Å². The molecule has 0 aliphatic rings. The summed E-state index contributed by atoms with van der Waals surface area (Å²) in [6.45, 7) is 2.70. The topological polar surface area (TPSA) is 38.0 Å². The van der Waals surface area contributed by atoms with E-state index >= 15 is 0 Å². The Kier molecular flexibility index (Phi) is 2.65. The first-order valence-electron chi connectivity index (χ1n) is 4.50. The van der Waals surface area contributed by atoms with E-state index in [4.69, 9.17) is 5.11 Å². The first kappa shape index (κ1) is 9.43. The maximum atomic E-state index is 8.83. The molecular formula is C10H12N2OS. The quantitative estimate of drug-likeness (QED) is 0.836. The number of hydrogen-bond donors (Lipinski definition) is 1. The Morgan fingerprint density at radius 1 is 1.57 bits per heavy atom. The summed E-state index contributed by atoms with van der Waals surface area (Å²) in [6, 6.07) is 6.11. The third-order valence-electron chi connectivity index (χ3n) is 2.07. The van der Waals surface area contributed by atoms with Crippen molar-refractivity contribution in [3.05, 3.63) is 29.3 Å². The van der Waals surface area contributed by atoms with E-state index < -0.39 is 0 Å². The smallest absolute Gasteiger partial charge is 0.103 e. The molecule has 0 unspecified atom stereocenters. The highest BCUT2D eigenvalue weighted by molar-refractivity contribution is 7.13. The van der Waals surface area contributed by atoms with Gasteiger partial charge in [-0.25, -0.2) is 0 Å². The Balaban J connectivity index is 2.33. The van der Waals surface area contributed by atoms with Crippen molar-refractivity contribution in [2.75, 3.05) is 6.61 Å². The van der Waals surface area contributed by atoms with Crippen LogP contribution in [-0.2, 0) is 6.54 Å². The summed E-state index contributed by atoms with van der Waals surface area (Å²) in [5.41, 5.74) is 2.08. The fourth-order valence-corrected chi connectivity index (χ4v) is 2.06. The van der Waals surface area contributed by atoms with Crippen LogP contribution in [-0.4, -0.2) is 21.5 Å². The minimum atomic E-state index is 0.131. The van der Waals surface area contributed by atoms with Gasteiger partial charge in [-0.3, -0.25) is 4.68 Å². The van der Waals surface area contributed by atoms with Gasteiger partial charge in [0, 0.05) is 5.69 Å². The van der Waals surface area contributed by atoms with Gasteiger partial charge in [-0.2, -0.15) is 5.10 Å². The average Bonchev–Trinajstić information content (AvgIpc) is 2.76. The van der Waals surface area contributed by atoms with E-state index in [2.05, 4.69) is 11.2 Å². The van der Waals surface area contributed by atoms with Crippen molar-refractivity contribution >= 4 is 11.3 Å². The van der Waals surface area contributed by atoms with Gasteiger partial charge in [0.25, 0.3) is 0 Å². The molecule has 0 saturated heterocycles. The van der Waals surface area contributed by atoms with Gasteiger partial charge in [0.2, 0.25) is 0 Å². The number of rotatable bonds is 3. The summed E-state index contributed by atoms with van der Waals surface area (Å²) in [5, 5.41) is 15.3. The van der Waals surface area contributed by atoms with Crippen LogP contribution in [0.3, 0.4) is 0 Å². The molecule has 2 rings (SSSR count). The summed E-state index contributed by atoms with van der Waals surface area (Å²) in [6.07, 6.45) is 0. The molecule has 4 heteroatoms. The van der Waals surface area contributed by atoms with Crippen LogP contribution in [0.4, 0.5) is 0 Å². The Bertz CT molecular complexity index is 406. The van der Waals surface area contributed by atoms with Crippen LogP contribution in [0.25, 0.3) is 10.6 Å². The SMILES string of the molecule is Cc1cc(-c2cccs2)nn1CCO. The van der Waals surface area contributed by atoms with E-state index in [1.165, 1.54) is 4.88 Å². The zero-order chi connectivity index (χ0) is 9.97. The number of aliphatic hydroxyl groups excluding tert-OH is 1. The predicted molar refractivity (Wildman–Crippen MR) is 57.4 cm³/mol. The minimum absolute atomic E-state index is 0.131. The summed E-state index contributed by atoms with van der Waals surface area (Å²) in [5.74, 6) is 0. The van der Waals surface area contributed by atoms with Gasteiger partial charge < -0.3 is 5.11 Å². The van der Waals surface area contributed by atoms with Crippen LogP contribution in [0.15, 0.2) is 23.6 Å². The van der Waals surface area contributed by atoms with Crippen LogP contribution < -0.4 is 0 Å². The lowest BCUT2D eigenvalue weighted by Gasteiger charge is -1.98. The van der Waals surface area contributed by atoms with Crippen LogP contribution >= 0.6 is 11.3 Å². The minimum Gasteiger partial charge on any atom is -0.394 e. The van der Waals surface area contributed by atoms with E-state index in [-0.39, 0.29) is 6.61 Å². The van der Waals surface area contributed by atoms with Crippen molar-refractivity contribution in [1.29, 1.82) is 0 Å². The van der Waals surface area contributed by atoms with Crippen LogP contribution in [0.5, 0.6) is 0 Å². The Hall–Kier alpha value is -1.13. The number of aliphatic hydroxyl groups is 1. The van der Waals surface area contributed by atoms with Gasteiger partial charge in [-0.05, 0) is 24.4 Å². The maximum Gasteiger partial charge on any atom is 0.103 e. The molecule has 3 nitrogen and oxygen atoms in total. The van der Waals surface area contributed by atoms with E-state index in [1.54, 1.807) is 11.3 Å². The highest BCUT2D eigenvalue weighted by Crippen LogP contribution is 2.23. The van der Waals surface area contributed by atoms with Gasteiger partial charge >= 0.3 is 0 Å². The Labute approximate surface area is 86.6 Å². The molecule has 0 aliphatic heterocycles. The number of thiophene rings is 1. The highest BCUT2D eigenvalue weighted by Gasteiger charge is 2.06. The molecule has 0 bridgehead atoms. The molecule has 14 heavy (non-hydrogen) atoms. The zero-order valence-electron chi connectivity index (χ0n) is 7.97. The van der Waals surface area contributed by atoms with Crippen LogP contribution in [0.2, 0.25) is 0 Å². The Morgan fingerprint density at radius 2 is 2.43 bits per heavy atom. The molecule has 0 spiro atoms. The first-order valence-corrected chi connectivity index (χ1v) is 5.38. The lowest BCUT2D eigenvalue weighted by molar-refractivity contribution is 0.268. The highest BCUT2D eigenvalue weighted by atomic mass is 32.1. The molecule has 2 heterocycles. The van der Waals surface area contributed by atoms with Gasteiger partial charge in [0.1, 0.15) is 5.69 Å². The lowest BCUT2D eigenvalue weighted by atomic mass is 10.3. The summed E-state index contributed by atoms with van der Waals surface area (Å²) >= 11 is 1.68. The lowest BCUT2D eigenvalue weighted by Crippen LogP contribution is -2.05. The van der Waals surface area contributed by atoms with Crippen molar-refractivity contribution in [1.82, 2.24) is 9.78 Å². The summed E-state index contributed by atoms with van der Waals surface area (Å²) in [4.78, 5) is 1.17. The molecule has 0 aliphatic carbocycles. The van der Waals surface area contributed by atoms with Crippen molar-refractivity contribution in [2.24, 2.45) is 0 Å². The fourth-order valence-electron chi connectivity index (χ4n) is 1.38. The first-order chi connectivity index (χ1) is 6.81. The fraction of sp³-hybridized carbons (Fsp3) is 0.300. The number of aromatic nitrogens is 2. The van der Waals surface area contributed by atoms with Crippen molar-refractivity contribution in [2.45, 2.75) is 13.5 Å². The van der Waals surface area contributed by atoms with Gasteiger partial charge in [0.05, 0.1) is 18.0 Å². The predicted octanol–water partition coefficient (Wildman–Crippen LogP) is 1.91. The monoisotopic (exact) mass is 208 g/mol. The third-order valence-corrected chi connectivity index (χ3v) is 2.96. The second-order valence-corrected chi connectivity index (χ2v) is 4.04. The van der Waals surface area contributed by atoms with E-state index in [1.807, 2.05) is 29.1 Å². The molecule has 1 N–H and O–H groups in total. The standard InChI is InChI=1S/C10H12N2OS/c1-8-7-9(10-3-2-6-14-10)11-12(8)4-5-13/h2-3,6-7,13H,4-5H2,1H3. The molecular weight excluding hydrogens is 196 g/mol. The van der Waals surface area contributed by atoms with Gasteiger partial charge in [0.15, 0.2) is 0 Å². The van der Waals surface area contributed by atoms with Crippen molar-refractivity contribution in [3.63, 3.8) is 0 Å². The maximum absolute atomic E-state index is 8.83. The number of nitrogens with zero attached hydrogens (tertiary/aromatic N) is 2. The molecule has 2 aromatic heterocycles. The summed E-state index contributed by atoms with van der Waals surface area (Å²) < 4.78 is 1.83. The van der Waals surface area contributed by atoms with E-state index in [9.17, 15) is 0 Å². The Morgan fingerprint density at radius 3 is 3.07 bits per heavy atom. The average molecular weight is 208 g/mol. The van der Waals surface area contributed by atoms with E-state index in [0.717, 1.165) is 11.4 Å². The molecule has 74 valence electrons. The second kappa shape index (κ2) is 3.94. The van der Waals surface area contributed by atoms with Crippen LogP contribution in [0.1, 0.15) is 5.69 Å². The van der Waals surface area contributed by atoms with E-state index in [0.29, 0.717) is 6.54 Å². The number of hydrogen-bond acceptors (Lipinski definition) is 3. The zero-order valence-corrected chi connectivity index (χ0v) is 8.79. The van der Waals surface area contributed by atoms with Crippen molar-refractivity contribution < 1.29 is 5.11 Å². The molecule has 0 atom stereocenters. The van der Waals surface area contributed by atoms with Gasteiger partial charge in [-0.1, -0.05) is 6.07 Å². The molecule has 2 aromatic rings. The van der Waals surface area contributed by atoms with Crippen molar-refractivity contribution in [3.8, 4) is 10.6 Å². The number of aryl methyl sites for hydroxylation is 1. The third kappa shape index (κ3) is 1.71. The van der Waals surface area contributed by atoms with Gasteiger partial charge in [-0.15, -0.1) is 11.3 Å². The molecule has 0 amide bonds. The molecule has 0 fully saturated rings. The summed E-state index contributed by atoms with van der Waals surface area (Å²) in [7, 11) is 0. The largest absolute Gasteiger partial charge is 0.394 e. The molecule has 0 radical (unpaired) electrons. The molecule has 0 aromatic carbocycles. The normalized spacial score (nSPS) is 10.7. The molecule has 0 saturated carbocycles. The second-order valence-electron chi connectivity index (χ2n) is 3.10.